The van der Waals surface area contributed by atoms with E-state index in [-0.39, 0.29) is 11.9 Å². The molecule has 1 amide bonds. The fourth-order valence-corrected chi connectivity index (χ4v) is 4.35. The minimum Gasteiger partial charge on any atom is -0.298 e. The van der Waals surface area contributed by atoms with Crippen LogP contribution in [0, 0.1) is 13.8 Å². The predicted molar refractivity (Wildman–Crippen MR) is 136 cm³/mol. The molecule has 5 rings (SSSR count). The van der Waals surface area contributed by atoms with Gasteiger partial charge in [-0.15, -0.1) is 0 Å². The average Bonchev–Trinajstić information content (AvgIpc) is 3.02. The van der Waals surface area contributed by atoms with E-state index in [1.807, 2.05) is 78.6 Å². The zero-order valence-corrected chi connectivity index (χ0v) is 18.9. The van der Waals surface area contributed by atoms with Crippen molar-refractivity contribution in [1.82, 2.24) is 0 Å². The molecule has 0 saturated carbocycles. The van der Waals surface area contributed by atoms with Gasteiger partial charge >= 0.3 is 0 Å². The van der Waals surface area contributed by atoms with Crippen molar-refractivity contribution in [2.24, 2.45) is 4.99 Å². The predicted octanol–water partition coefficient (Wildman–Crippen LogP) is 7.22. The fraction of sp³-hybridized carbons (Fsp3) is 0.133. The van der Waals surface area contributed by atoms with Gasteiger partial charge < -0.3 is 0 Å². The highest BCUT2D eigenvalue weighted by atomic mass is 16.2. The Labute approximate surface area is 195 Å². The van der Waals surface area contributed by atoms with Crippen molar-refractivity contribution >= 4 is 23.0 Å². The van der Waals surface area contributed by atoms with Crippen molar-refractivity contribution in [2.45, 2.75) is 26.3 Å². The number of para-hydroxylation sites is 2. The molecular formula is C30H26N2O. The normalized spacial score (nSPS) is 15.4. The SMILES string of the molecule is Cc1ccc(C(=O)N2c3ccccc3N=C(c3ccc(C)cc3)C[C@@H]2c2ccccc2)cc1. The molecular weight excluding hydrogens is 404 g/mol. The second-order valence-corrected chi connectivity index (χ2v) is 8.59. The standard InChI is InChI=1S/C30H26N2O/c1-21-12-16-23(17-13-21)27-20-29(24-8-4-3-5-9-24)32(28-11-7-6-10-26(28)31-27)30(33)25-18-14-22(2)15-19-25/h3-19,29H,20H2,1-2H3/t29-/m1/s1. The van der Waals surface area contributed by atoms with Crippen LogP contribution in [-0.4, -0.2) is 11.6 Å². The Kier molecular flexibility index (Phi) is 5.62. The van der Waals surface area contributed by atoms with Crippen molar-refractivity contribution in [3.63, 3.8) is 0 Å². The summed E-state index contributed by atoms with van der Waals surface area (Å²) >= 11 is 0. The lowest BCUT2D eigenvalue weighted by molar-refractivity contribution is 0.0977. The lowest BCUT2D eigenvalue weighted by Crippen LogP contribution is -2.35. The maximum Gasteiger partial charge on any atom is 0.258 e. The van der Waals surface area contributed by atoms with Crippen molar-refractivity contribution in [3.05, 3.63) is 131 Å². The van der Waals surface area contributed by atoms with Crippen molar-refractivity contribution in [2.75, 3.05) is 4.90 Å². The Balaban J connectivity index is 1.68. The Bertz CT molecular complexity index is 1310. The zero-order chi connectivity index (χ0) is 22.8. The monoisotopic (exact) mass is 430 g/mol. The van der Waals surface area contributed by atoms with Gasteiger partial charge in [0.15, 0.2) is 0 Å². The van der Waals surface area contributed by atoms with Crippen LogP contribution in [0.4, 0.5) is 11.4 Å². The molecule has 1 aliphatic rings. The molecule has 0 bridgehead atoms. The summed E-state index contributed by atoms with van der Waals surface area (Å²) in [7, 11) is 0. The molecule has 0 N–H and O–H groups in total. The number of fused-ring (bicyclic) bond motifs is 1. The lowest BCUT2D eigenvalue weighted by atomic mass is 9.95. The van der Waals surface area contributed by atoms with Crippen LogP contribution in [0.15, 0.2) is 108 Å². The molecule has 1 aliphatic heterocycles. The van der Waals surface area contributed by atoms with Gasteiger partial charge in [-0.1, -0.05) is 90.0 Å². The van der Waals surface area contributed by atoms with Crippen molar-refractivity contribution < 1.29 is 4.79 Å². The number of benzene rings is 4. The van der Waals surface area contributed by atoms with E-state index in [1.54, 1.807) is 0 Å². The molecule has 0 aliphatic carbocycles. The van der Waals surface area contributed by atoms with Crippen LogP contribution >= 0.6 is 0 Å². The van der Waals surface area contributed by atoms with Gasteiger partial charge in [0, 0.05) is 12.0 Å². The van der Waals surface area contributed by atoms with E-state index in [4.69, 9.17) is 4.99 Å². The van der Waals surface area contributed by atoms with Crippen molar-refractivity contribution in [3.8, 4) is 0 Å². The van der Waals surface area contributed by atoms with E-state index < -0.39 is 0 Å². The van der Waals surface area contributed by atoms with Crippen LogP contribution in [0.1, 0.15) is 45.1 Å². The molecule has 162 valence electrons. The van der Waals surface area contributed by atoms with Gasteiger partial charge in [-0.2, -0.15) is 0 Å². The number of carbonyl (C=O) groups is 1. The molecule has 0 fully saturated rings. The molecule has 1 heterocycles. The number of nitrogens with zero attached hydrogens (tertiary/aromatic N) is 2. The van der Waals surface area contributed by atoms with Crippen LogP contribution in [0.25, 0.3) is 0 Å². The van der Waals surface area contributed by atoms with Crippen LogP contribution in [0.2, 0.25) is 0 Å². The highest BCUT2D eigenvalue weighted by Gasteiger charge is 2.33. The second kappa shape index (κ2) is 8.87. The van der Waals surface area contributed by atoms with Crippen LogP contribution < -0.4 is 4.90 Å². The lowest BCUT2D eigenvalue weighted by Gasteiger charge is -2.32. The van der Waals surface area contributed by atoms with Gasteiger partial charge in [-0.05, 0) is 49.2 Å². The topological polar surface area (TPSA) is 32.7 Å². The Hall–Kier alpha value is -3.98. The summed E-state index contributed by atoms with van der Waals surface area (Å²) in [6, 6.07) is 34.3. The zero-order valence-electron chi connectivity index (χ0n) is 18.9. The van der Waals surface area contributed by atoms with Gasteiger partial charge in [0.05, 0.1) is 23.1 Å². The maximum absolute atomic E-state index is 14.0. The molecule has 3 nitrogen and oxygen atoms in total. The van der Waals surface area contributed by atoms with Gasteiger partial charge in [0.2, 0.25) is 0 Å². The minimum atomic E-state index is -0.177. The number of hydrogen-bond donors (Lipinski definition) is 0. The molecule has 0 spiro atoms. The van der Waals surface area contributed by atoms with Gasteiger partial charge in [0.1, 0.15) is 0 Å². The number of hydrogen-bond acceptors (Lipinski definition) is 2. The molecule has 1 atom stereocenters. The Morgan fingerprint density at radius 3 is 2.06 bits per heavy atom. The summed E-state index contributed by atoms with van der Waals surface area (Å²) in [5.74, 6) is -0.0170. The third kappa shape index (κ3) is 4.22. The number of anilines is 1. The summed E-state index contributed by atoms with van der Waals surface area (Å²) in [6.45, 7) is 4.12. The van der Waals surface area contributed by atoms with Crippen LogP contribution in [0.5, 0.6) is 0 Å². The second-order valence-electron chi connectivity index (χ2n) is 8.59. The molecule has 0 radical (unpaired) electrons. The first-order valence-electron chi connectivity index (χ1n) is 11.3. The van der Waals surface area contributed by atoms with Crippen molar-refractivity contribution in [1.29, 1.82) is 0 Å². The summed E-state index contributed by atoms with van der Waals surface area (Å²) in [5, 5.41) is 0. The molecule has 3 heteroatoms. The molecule has 0 aromatic heterocycles. The molecule has 4 aromatic rings. The number of aliphatic imine (C=N–C) groups is 1. The first-order valence-corrected chi connectivity index (χ1v) is 11.3. The number of aryl methyl sites for hydroxylation is 2. The number of carbonyl (C=O) groups excluding carboxylic acids is 1. The van der Waals surface area contributed by atoms with Gasteiger partial charge in [0.25, 0.3) is 5.91 Å². The largest absolute Gasteiger partial charge is 0.298 e. The molecule has 33 heavy (non-hydrogen) atoms. The van der Waals surface area contributed by atoms with E-state index in [0.29, 0.717) is 12.0 Å². The van der Waals surface area contributed by atoms with E-state index in [1.165, 1.54) is 5.56 Å². The third-order valence-electron chi connectivity index (χ3n) is 6.18. The quantitative estimate of drug-likeness (QED) is 0.338. The highest BCUT2D eigenvalue weighted by Crippen LogP contribution is 2.41. The summed E-state index contributed by atoms with van der Waals surface area (Å²) in [6.07, 6.45) is 0.624. The first kappa shape index (κ1) is 20.9. The Morgan fingerprint density at radius 1 is 0.758 bits per heavy atom. The van der Waals surface area contributed by atoms with Crippen LogP contribution in [0.3, 0.4) is 0 Å². The fourth-order valence-electron chi connectivity index (χ4n) is 4.35. The summed E-state index contributed by atoms with van der Waals surface area (Å²) in [4.78, 5) is 21.0. The maximum atomic E-state index is 14.0. The van der Waals surface area contributed by atoms with E-state index in [0.717, 1.165) is 33.8 Å². The van der Waals surface area contributed by atoms with Crippen LogP contribution in [-0.2, 0) is 0 Å². The summed E-state index contributed by atoms with van der Waals surface area (Å²) in [5.41, 5.74) is 7.82. The number of amides is 1. The van der Waals surface area contributed by atoms with Gasteiger partial charge in [-0.3, -0.25) is 14.7 Å². The third-order valence-corrected chi connectivity index (χ3v) is 6.18. The van der Waals surface area contributed by atoms with E-state index in [9.17, 15) is 4.79 Å². The minimum absolute atomic E-state index is 0.0170. The smallest absolute Gasteiger partial charge is 0.258 e. The van der Waals surface area contributed by atoms with E-state index in [2.05, 4.69) is 43.3 Å². The Morgan fingerprint density at radius 2 is 1.36 bits per heavy atom. The molecule has 4 aromatic carbocycles. The summed E-state index contributed by atoms with van der Waals surface area (Å²) < 4.78 is 0. The molecule has 0 saturated heterocycles. The number of rotatable bonds is 3. The first-order chi connectivity index (χ1) is 16.1. The van der Waals surface area contributed by atoms with E-state index >= 15 is 0 Å². The average molecular weight is 431 g/mol. The van der Waals surface area contributed by atoms with Gasteiger partial charge in [-0.25, -0.2) is 0 Å². The molecule has 0 unspecified atom stereocenters. The highest BCUT2D eigenvalue weighted by molar-refractivity contribution is 6.11.